The second kappa shape index (κ2) is 5.09. The Morgan fingerprint density at radius 1 is 0.933 bits per heavy atom. The van der Waals surface area contributed by atoms with Crippen LogP contribution >= 0.6 is 0 Å². The number of carboxylic acids is 1. The summed E-state index contributed by atoms with van der Waals surface area (Å²) in [5, 5.41) is 10.8. The topological polar surface area (TPSA) is 100 Å². The van der Waals surface area contributed by atoms with Gasteiger partial charge in [-0.05, 0) is 22.9 Å². The molecular weight excluding hydrogens is 196 g/mol. The molecule has 0 amide bonds. The SMILES string of the molecule is O.O.O=C(O)c1ccc2ccccc2c1. The van der Waals surface area contributed by atoms with Crippen LogP contribution in [0.4, 0.5) is 0 Å². The van der Waals surface area contributed by atoms with Crippen LogP contribution in [0.1, 0.15) is 10.4 Å². The molecule has 0 unspecified atom stereocenters. The molecule has 4 heteroatoms. The molecule has 0 heterocycles. The summed E-state index contributed by atoms with van der Waals surface area (Å²) >= 11 is 0. The van der Waals surface area contributed by atoms with Crippen LogP contribution in [0.3, 0.4) is 0 Å². The van der Waals surface area contributed by atoms with Crippen molar-refractivity contribution in [2.24, 2.45) is 0 Å². The van der Waals surface area contributed by atoms with E-state index < -0.39 is 5.97 Å². The Hall–Kier alpha value is -1.91. The minimum atomic E-state index is -0.884. The highest BCUT2D eigenvalue weighted by Gasteiger charge is 2.01. The monoisotopic (exact) mass is 208 g/mol. The highest BCUT2D eigenvalue weighted by atomic mass is 16.4. The number of aromatic carboxylic acids is 1. The molecule has 2 aromatic rings. The molecule has 0 atom stereocenters. The third-order valence-corrected chi connectivity index (χ3v) is 2.00. The molecular formula is C11H12O4. The highest BCUT2D eigenvalue weighted by molar-refractivity contribution is 5.94. The lowest BCUT2D eigenvalue weighted by Gasteiger charge is -1.98. The van der Waals surface area contributed by atoms with E-state index in [0.717, 1.165) is 10.8 Å². The predicted molar refractivity (Wildman–Crippen MR) is 58.1 cm³/mol. The lowest BCUT2D eigenvalue weighted by Crippen LogP contribution is -1.94. The highest BCUT2D eigenvalue weighted by Crippen LogP contribution is 2.15. The molecule has 0 aromatic heterocycles. The van der Waals surface area contributed by atoms with Crippen molar-refractivity contribution in [2.45, 2.75) is 0 Å². The third kappa shape index (κ3) is 2.52. The molecule has 0 aliphatic carbocycles. The van der Waals surface area contributed by atoms with Crippen LogP contribution in [0.25, 0.3) is 10.8 Å². The van der Waals surface area contributed by atoms with E-state index in [4.69, 9.17) is 5.11 Å². The first kappa shape index (κ1) is 13.1. The van der Waals surface area contributed by atoms with Gasteiger partial charge in [-0.15, -0.1) is 0 Å². The molecule has 0 radical (unpaired) electrons. The van der Waals surface area contributed by atoms with Crippen molar-refractivity contribution >= 4 is 16.7 Å². The lowest BCUT2D eigenvalue weighted by molar-refractivity contribution is 0.0697. The molecule has 2 aromatic carbocycles. The van der Waals surface area contributed by atoms with E-state index in [1.807, 2.05) is 30.3 Å². The average Bonchev–Trinajstić information content (AvgIpc) is 2.17. The second-order valence-electron chi connectivity index (χ2n) is 2.87. The smallest absolute Gasteiger partial charge is 0.335 e. The van der Waals surface area contributed by atoms with E-state index in [-0.39, 0.29) is 11.0 Å². The fraction of sp³-hybridized carbons (Fsp3) is 0. The van der Waals surface area contributed by atoms with Crippen LogP contribution < -0.4 is 0 Å². The van der Waals surface area contributed by atoms with Crippen molar-refractivity contribution in [3.05, 3.63) is 48.0 Å². The van der Waals surface area contributed by atoms with Gasteiger partial charge in [-0.25, -0.2) is 4.79 Å². The maximum atomic E-state index is 10.6. The van der Waals surface area contributed by atoms with Gasteiger partial charge in [0.15, 0.2) is 0 Å². The van der Waals surface area contributed by atoms with Crippen molar-refractivity contribution in [1.82, 2.24) is 0 Å². The van der Waals surface area contributed by atoms with Gasteiger partial charge < -0.3 is 16.1 Å². The van der Waals surface area contributed by atoms with E-state index in [1.54, 1.807) is 12.1 Å². The second-order valence-corrected chi connectivity index (χ2v) is 2.87. The van der Waals surface area contributed by atoms with Crippen molar-refractivity contribution < 1.29 is 20.9 Å². The molecule has 4 nitrogen and oxygen atoms in total. The Labute approximate surface area is 86.4 Å². The van der Waals surface area contributed by atoms with Crippen molar-refractivity contribution in [3.8, 4) is 0 Å². The first-order valence-electron chi connectivity index (χ1n) is 3.99. The van der Waals surface area contributed by atoms with Crippen LogP contribution in [0, 0.1) is 0 Å². The largest absolute Gasteiger partial charge is 0.478 e. The minimum Gasteiger partial charge on any atom is -0.478 e. The molecule has 0 saturated heterocycles. The zero-order valence-electron chi connectivity index (χ0n) is 7.90. The molecule has 0 spiro atoms. The molecule has 0 aliphatic rings. The third-order valence-electron chi connectivity index (χ3n) is 2.00. The van der Waals surface area contributed by atoms with Gasteiger partial charge in [-0.2, -0.15) is 0 Å². The van der Waals surface area contributed by atoms with Crippen LogP contribution in [0.2, 0.25) is 0 Å². The molecule has 5 N–H and O–H groups in total. The first-order valence-corrected chi connectivity index (χ1v) is 3.99. The summed E-state index contributed by atoms with van der Waals surface area (Å²) in [5.74, 6) is -0.884. The Bertz CT molecular complexity index is 465. The van der Waals surface area contributed by atoms with Gasteiger partial charge in [-0.3, -0.25) is 0 Å². The molecule has 0 saturated carbocycles. The maximum absolute atomic E-state index is 10.6. The number of rotatable bonds is 1. The summed E-state index contributed by atoms with van der Waals surface area (Å²) in [6.07, 6.45) is 0. The standard InChI is InChI=1S/C11H8O2.2H2O/c12-11(13)10-6-5-8-3-1-2-4-9(8)7-10;;/h1-7H,(H,12,13);2*1H2. The van der Waals surface area contributed by atoms with Crippen molar-refractivity contribution in [3.63, 3.8) is 0 Å². The Morgan fingerprint density at radius 3 is 2.13 bits per heavy atom. The summed E-state index contributed by atoms with van der Waals surface area (Å²) in [6, 6.07) is 12.8. The molecule has 15 heavy (non-hydrogen) atoms. The summed E-state index contributed by atoms with van der Waals surface area (Å²) in [5.41, 5.74) is 0.332. The number of carboxylic acid groups (broad SMARTS) is 1. The van der Waals surface area contributed by atoms with Crippen LogP contribution in [0.15, 0.2) is 42.5 Å². The van der Waals surface area contributed by atoms with E-state index >= 15 is 0 Å². The molecule has 0 fully saturated rings. The number of hydrogen-bond acceptors (Lipinski definition) is 1. The normalized spacial score (nSPS) is 8.80. The summed E-state index contributed by atoms with van der Waals surface area (Å²) in [4.78, 5) is 10.6. The quantitative estimate of drug-likeness (QED) is 0.752. The van der Waals surface area contributed by atoms with E-state index in [9.17, 15) is 4.79 Å². The number of hydrogen-bond donors (Lipinski definition) is 1. The lowest BCUT2D eigenvalue weighted by atomic mass is 10.1. The fourth-order valence-corrected chi connectivity index (χ4v) is 1.32. The van der Waals surface area contributed by atoms with Gasteiger partial charge in [0.2, 0.25) is 0 Å². The van der Waals surface area contributed by atoms with Gasteiger partial charge in [0.1, 0.15) is 0 Å². The van der Waals surface area contributed by atoms with Crippen LogP contribution in [-0.4, -0.2) is 22.0 Å². The van der Waals surface area contributed by atoms with Gasteiger partial charge in [0.05, 0.1) is 5.56 Å². The number of fused-ring (bicyclic) bond motifs is 1. The summed E-state index contributed by atoms with van der Waals surface area (Å²) in [7, 11) is 0. The Kier molecular flexibility index (Phi) is 4.44. The first-order chi connectivity index (χ1) is 6.27. The average molecular weight is 208 g/mol. The Morgan fingerprint density at radius 2 is 1.53 bits per heavy atom. The van der Waals surface area contributed by atoms with Crippen molar-refractivity contribution in [1.29, 1.82) is 0 Å². The molecule has 2 rings (SSSR count). The Balaban J connectivity index is 0.000000980. The van der Waals surface area contributed by atoms with E-state index in [1.165, 1.54) is 0 Å². The molecule has 80 valence electrons. The van der Waals surface area contributed by atoms with Crippen LogP contribution in [-0.2, 0) is 0 Å². The number of benzene rings is 2. The van der Waals surface area contributed by atoms with Crippen LogP contribution in [0.5, 0.6) is 0 Å². The zero-order chi connectivity index (χ0) is 9.26. The van der Waals surface area contributed by atoms with Gasteiger partial charge in [-0.1, -0.05) is 30.3 Å². The predicted octanol–water partition coefficient (Wildman–Crippen LogP) is 0.889. The van der Waals surface area contributed by atoms with Gasteiger partial charge in [0.25, 0.3) is 0 Å². The number of carbonyl (C=O) groups is 1. The zero-order valence-corrected chi connectivity index (χ0v) is 7.90. The van der Waals surface area contributed by atoms with E-state index in [2.05, 4.69) is 0 Å². The maximum Gasteiger partial charge on any atom is 0.335 e. The fourth-order valence-electron chi connectivity index (χ4n) is 1.32. The van der Waals surface area contributed by atoms with E-state index in [0.29, 0.717) is 5.56 Å². The van der Waals surface area contributed by atoms with Crippen molar-refractivity contribution in [2.75, 3.05) is 0 Å². The summed E-state index contributed by atoms with van der Waals surface area (Å²) in [6.45, 7) is 0. The minimum absolute atomic E-state index is 0. The molecule has 0 bridgehead atoms. The summed E-state index contributed by atoms with van der Waals surface area (Å²) < 4.78 is 0. The van der Waals surface area contributed by atoms with Gasteiger partial charge >= 0.3 is 5.97 Å². The molecule has 0 aliphatic heterocycles. The van der Waals surface area contributed by atoms with Gasteiger partial charge in [0, 0.05) is 0 Å².